The molecule has 12 heteroatoms. The number of nitrogens with one attached hydrogen (secondary N) is 1. The monoisotopic (exact) mass is 473 g/mol. The van der Waals surface area contributed by atoms with Crippen LogP contribution in [0, 0.1) is 0 Å². The van der Waals surface area contributed by atoms with E-state index in [9.17, 15) is 24.0 Å². The van der Waals surface area contributed by atoms with Crippen molar-refractivity contribution in [1.82, 2.24) is 5.32 Å². The molecule has 5 atom stereocenters. The molecule has 2 aliphatic rings. The zero-order chi connectivity index (χ0) is 24.5. The van der Waals surface area contributed by atoms with Crippen molar-refractivity contribution in [3.05, 3.63) is 0 Å². The first kappa shape index (κ1) is 26.4. The number of carbonyl (C=O) groups excluding carboxylic acids is 5. The Labute approximate surface area is 191 Å². The highest BCUT2D eigenvalue weighted by Crippen LogP contribution is 2.29. The number of alkyl carbamates (subject to hydrolysis) is 1. The molecule has 12 nitrogen and oxygen atoms in total. The van der Waals surface area contributed by atoms with Crippen LogP contribution in [0.2, 0.25) is 0 Å². The summed E-state index contributed by atoms with van der Waals surface area (Å²) in [6.07, 6.45) is -3.18. The minimum atomic E-state index is -1.37. The van der Waals surface area contributed by atoms with Crippen LogP contribution < -0.4 is 5.32 Å². The first-order valence-corrected chi connectivity index (χ1v) is 10.8. The van der Waals surface area contributed by atoms with E-state index < -0.39 is 60.6 Å². The second-order valence-electron chi connectivity index (χ2n) is 7.93. The molecule has 2 rings (SSSR count). The van der Waals surface area contributed by atoms with Gasteiger partial charge < -0.3 is 28.4 Å². The maximum atomic E-state index is 12.5. The number of hydrogen-bond acceptors (Lipinski definition) is 11. The van der Waals surface area contributed by atoms with Crippen LogP contribution in [0.4, 0.5) is 4.79 Å². The molecule has 0 spiro atoms. The molecule has 1 aliphatic carbocycles. The molecule has 0 aromatic rings. The van der Waals surface area contributed by atoms with E-state index in [2.05, 4.69) is 5.32 Å². The van der Waals surface area contributed by atoms with Crippen molar-refractivity contribution in [1.29, 1.82) is 0 Å². The van der Waals surface area contributed by atoms with Gasteiger partial charge in [0.05, 0.1) is 0 Å². The zero-order valence-electron chi connectivity index (χ0n) is 19.2. The number of ether oxygens (including phenoxy) is 6. The van der Waals surface area contributed by atoms with E-state index in [1.54, 1.807) is 0 Å². The van der Waals surface area contributed by atoms with Gasteiger partial charge in [-0.2, -0.15) is 0 Å². The molecular weight excluding hydrogens is 442 g/mol. The van der Waals surface area contributed by atoms with Gasteiger partial charge in [0.2, 0.25) is 0 Å². The lowest BCUT2D eigenvalue weighted by Crippen LogP contribution is -2.66. The lowest BCUT2D eigenvalue weighted by atomic mass is 9.97. The molecule has 0 aromatic heterocycles. The van der Waals surface area contributed by atoms with Crippen LogP contribution in [0.15, 0.2) is 0 Å². The Kier molecular flexibility index (Phi) is 9.89. The largest absolute Gasteiger partial charge is 0.463 e. The van der Waals surface area contributed by atoms with E-state index in [-0.39, 0.29) is 12.7 Å². The van der Waals surface area contributed by atoms with Crippen LogP contribution in [0.1, 0.15) is 59.8 Å². The summed E-state index contributed by atoms with van der Waals surface area (Å²) in [5.41, 5.74) is 0. The van der Waals surface area contributed by atoms with Crippen molar-refractivity contribution in [2.24, 2.45) is 0 Å². The van der Waals surface area contributed by atoms with Gasteiger partial charge >= 0.3 is 30.0 Å². The SMILES string of the molecule is CC(=O)OC[C@@H]1O[C@H](NC(=O)OC2CCCCC2)[C@H](OC(C)=O)[C@@H](OC(C)=O)[C@H]1OC(C)=O. The summed E-state index contributed by atoms with van der Waals surface area (Å²) in [5, 5.41) is 2.48. The third-order valence-electron chi connectivity index (χ3n) is 5.08. The number of hydrogen-bond donors (Lipinski definition) is 1. The van der Waals surface area contributed by atoms with E-state index in [1.807, 2.05) is 0 Å². The molecule has 1 N–H and O–H groups in total. The number of amides is 1. The maximum Gasteiger partial charge on any atom is 0.409 e. The summed E-state index contributed by atoms with van der Waals surface area (Å²) in [5.74, 6) is -2.88. The smallest absolute Gasteiger partial charge is 0.409 e. The number of rotatable bonds is 7. The van der Waals surface area contributed by atoms with Crippen molar-refractivity contribution < 1.29 is 52.4 Å². The molecule has 0 bridgehead atoms. The Hall–Kier alpha value is -2.89. The summed E-state index contributed by atoms with van der Waals surface area (Å²) in [4.78, 5) is 59.2. The predicted molar refractivity (Wildman–Crippen MR) is 108 cm³/mol. The number of esters is 4. The Morgan fingerprint density at radius 1 is 0.727 bits per heavy atom. The van der Waals surface area contributed by atoms with Crippen LogP contribution in [0.3, 0.4) is 0 Å². The molecule has 2 fully saturated rings. The molecular formula is C21H31NO11. The van der Waals surface area contributed by atoms with Crippen LogP contribution in [0.5, 0.6) is 0 Å². The summed E-state index contributed by atoms with van der Waals surface area (Å²) < 4.78 is 32.1. The predicted octanol–water partition coefficient (Wildman–Crippen LogP) is 1.13. The first-order chi connectivity index (χ1) is 15.6. The highest BCUT2D eigenvalue weighted by atomic mass is 16.7. The first-order valence-electron chi connectivity index (χ1n) is 10.8. The zero-order valence-corrected chi connectivity index (χ0v) is 19.2. The Balaban J connectivity index is 2.29. The second-order valence-corrected chi connectivity index (χ2v) is 7.93. The second kappa shape index (κ2) is 12.4. The highest BCUT2D eigenvalue weighted by molar-refractivity contribution is 5.70. The van der Waals surface area contributed by atoms with Gasteiger partial charge in [-0.05, 0) is 25.7 Å². The molecule has 0 unspecified atom stereocenters. The quantitative estimate of drug-likeness (QED) is 0.418. The molecule has 1 aliphatic heterocycles. The fourth-order valence-corrected chi connectivity index (χ4v) is 3.83. The van der Waals surface area contributed by atoms with E-state index >= 15 is 0 Å². The molecule has 1 saturated carbocycles. The molecule has 33 heavy (non-hydrogen) atoms. The Morgan fingerprint density at radius 3 is 1.82 bits per heavy atom. The van der Waals surface area contributed by atoms with Crippen LogP contribution >= 0.6 is 0 Å². The normalized spacial score (nSPS) is 27.6. The van der Waals surface area contributed by atoms with E-state index in [0.717, 1.165) is 52.9 Å². The van der Waals surface area contributed by atoms with Crippen molar-refractivity contribution in [2.75, 3.05) is 6.61 Å². The van der Waals surface area contributed by atoms with E-state index in [4.69, 9.17) is 28.4 Å². The lowest BCUT2D eigenvalue weighted by Gasteiger charge is -2.44. The Morgan fingerprint density at radius 2 is 1.27 bits per heavy atom. The van der Waals surface area contributed by atoms with Gasteiger partial charge in [-0.25, -0.2) is 4.79 Å². The summed E-state index contributed by atoms with van der Waals surface area (Å²) >= 11 is 0. The average Bonchev–Trinajstić information content (AvgIpc) is 2.70. The minimum absolute atomic E-state index is 0.260. The lowest BCUT2D eigenvalue weighted by molar-refractivity contribution is -0.256. The summed E-state index contributed by atoms with van der Waals surface area (Å²) in [7, 11) is 0. The molecule has 0 radical (unpaired) electrons. The summed E-state index contributed by atoms with van der Waals surface area (Å²) in [6.45, 7) is 4.15. The number of carbonyl (C=O) groups is 5. The van der Waals surface area contributed by atoms with Gasteiger partial charge in [0, 0.05) is 27.7 Å². The van der Waals surface area contributed by atoms with Crippen molar-refractivity contribution in [3.8, 4) is 0 Å². The average molecular weight is 473 g/mol. The van der Waals surface area contributed by atoms with Gasteiger partial charge in [0.25, 0.3) is 0 Å². The van der Waals surface area contributed by atoms with Gasteiger partial charge in [0.15, 0.2) is 24.5 Å². The van der Waals surface area contributed by atoms with Gasteiger partial charge in [-0.15, -0.1) is 0 Å². The van der Waals surface area contributed by atoms with Crippen LogP contribution in [0.25, 0.3) is 0 Å². The van der Waals surface area contributed by atoms with Crippen molar-refractivity contribution >= 4 is 30.0 Å². The maximum absolute atomic E-state index is 12.5. The van der Waals surface area contributed by atoms with E-state index in [0.29, 0.717) is 0 Å². The molecule has 0 aromatic carbocycles. The van der Waals surface area contributed by atoms with E-state index in [1.165, 1.54) is 6.92 Å². The third-order valence-corrected chi connectivity index (χ3v) is 5.08. The topological polar surface area (TPSA) is 153 Å². The molecule has 186 valence electrons. The van der Waals surface area contributed by atoms with Gasteiger partial charge in [0.1, 0.15) is 18.8 Å². The van der Waals surface area contributed by atoms with Gasteiger partial charge in [-0.3, -0.25) is 24.5 Å². The molecule has 1 heterocycles. The van der Waals surface area contributed by atoms with Crippen LogP contribution in [-0.2, 0) is 47.6 Å². The van der Waals surface area contributed by atoms with Crippen molar-refractivity contribution in [2.45, 2.75) is 96.5 Å². The van der Waals surface area contributed by atoms with Gasteiger partial charge in [-0.1, -0.05) is 6.42 Å². The fourth-order valence-electron chi connectivity index (χ4n) is 3.83. The summed E-state index contributed by atoms with van der Waals surface area (Å²) in [6, 6.07) is 0. The minimum Gasteiger partial charge on any atom is -0.463 e. The fraction of sp³-hybridized carbons (Fsp3) is 0.762. The Bertz CT molecular complexity index is 734. The third kappa shape index (κ3) is 8.52. The van der Waals surface area contributed by atoms with Crippen LogP contribution in [-0.4, -0.2) is 73.3 Å². The molecule has 1 saturated heterocycles. The standard InChI is InChI=1S/C21H31NO11/c1-11(23)28-10-16-17(29-12(2)24)18(30-13(3)25)19(31-14(4)26)20(33-16)22-21(27)32-15-8-6-5-7-9-15/h15-20H,5-10H2,1-4H3,(H,22,27)/t16-,17-,18-,19+,20-/m0/s1. The highest BCUT2D eigenvalue weighted by Gasteiger charge is 2.52. The molecule has 1 amide bonds. The van der Waals surface area contributed by atoms with Crippen molar-refractivity contribution in [3.63, 3.8) is 0 Å².